The van der Waals surface area contributed by atoms with Crippen LogP contribution in [0, 0.1) is 6.92 Å². The molecule has 0 aromatic heterocycles. The first-order chi connectivity index (χ1) is 10.9. The Balaban J connectivity index is 1.86. The maximum atomic E-state index is 11.9. The fourth-order valence-corrected chi connectivity index (χ4v) is 2.14. The largest absolute Gasteiger partial charge is 0.326 e. The van der Waals surface area contributed by atoms with Gasteiger partial charge < -0.3 is 10.6 Å². The zero-order chi connectivity index (χ0) is 16.8. The van der Waals surface area contributed by atoms with Crippen molar-refractivity contribution in [2.45, 2.75) is 33.1 Å². The summed E-state index contributed by atoms with van der Waals surface area (Å²) >= 11 is 0. The second-order valence-corrected chi connectivity index (χ2v) is 5.92. The number of amides is 2. The number of benzene rings is 2. The van der Waals surface area contributed by atoms with Crippen LogP contribution in [0.25, 0.3) is 0 Å². The van der Waals surface area contributed by atoms with Crippen molar-refractivity contribution in [1.29, 1.82) is 0 Å². The Hall–Kier alpha value is -2.62. The van der Waals surface area contributed by atoms with Gasteiger partial charge in [0.25, 0.3) is 0 Å². The molecule has 2 rings (SSSR count). The van der Waals surface area contributed by atoms with Gasteiger partial charge in [-0.05, 0) is 42.7 Å². The van der Waals surface area contributed by atoms with Gasteiger partial charge in [-0.2, -0.15) is 0 Å². The molecule has 2 amide bonds. The molecule has 4 nitrogen and oxygen atoms in total. The number of hydrogen-bond acceptors (Lipinski definition) is 2. The molecule has 0 fully saturated rings. The van der Waals surface area contributed by atoms with E-state index in [4.69, 9.17) is 0 Å². The lowest BCUT2D eigenvalue weighted by Gasteiger charge is -2.09. The van der Waals surface area contributed by atoms with Crippen molar-refractivity contribution in [2.24, 2.45) is 0 Å². The van der Waals surface area contributed by atoms with Gasteiger partial charge in [0, 0.05) is 11.4 Å². The maximum Gasteiger partial charge on any atom is 0.233 e. The summed E-state index contributed by atoms with van der Waals surface area (Å²) in [6.07, 6.45) is -0.209. The predicted molar refractivity (Wildman–Crippen MR) is 93.6 cm³/mol. The molecule has 0 aliphatic heterocycles. The summed E-state index contributed by atoms with van der Waals surface area (Å²) < 4.78 is 0. The molecule has 120 valence electrons. The molecule has 0 aliphatic rings. The van der Waals surface area contributed by atoms with Gasteiger partial charge in [0.05, 0.1) is 0 Å². The minimum atomic E-state index is -0.329. The zero-order valence-corrected chi connectivity index (χ0v) is 13.7. The van der Waals surface area contributed by atoms with Gasteiger partial charge in [0.1, 0.15) is 6.42 Å². The molecule has 0 bridgehead atoms. The molecule has 0 saturated carbocycles. The molecule has 0 heterocycles. The molecule has 2 aromatic carbocycles. The lowest BCUT2D eigenvalue weighted by Crippen LogP contribution is -2.21. The van der Waals surface area contributed by atoms with Crippen molar-refractivity contribution in [1.82, 2.24) is 0 Å². The van der Waals surface area contributed by atoms with Crippen LogP contribution in [-0.2, 0) is 9.59 Å². The van der Waals surface area contributed by atoms with Crippen molar-refractivity contribution < 1.29 is 9.59 Å². The highest BCUT2D eigenvalue weighted by Crippen LogP contribution is 2.17. The molecule has 2 N–H and O–H groups in total. The molecule has 23 heavy (non-hydrogen) atoms. The fourth-order valence-electron chi connectivity index (χ4n) is 2.14. The minimum absolute atomic E-state index is 0.209. The summed E-state index contributed by atoms with van der Waals surface area (Å²) in [4.78, 5) is 23.8. The van der Waals surface area contributed by atoms with Crippen molar-refractivity contribution >= 4 is 23.2 Å². The van der Waals surface area contributed by atoms with E-state index in [1.54, 1.807) is 0 Å². The standard InChI is InChI=1S/C19H22N2O2/c1-13(2)15-6-10-17(11-7-15)21-19(23)12-18(22)20-16-8-4-14(3)5-9-16/h4-11,13H,12H2,1-3H3,(H,20,22)(H,21,23). The van der Waals surface area contributed by atoms with Crippen molar-refractivity contribution in [3.63, 3.8) is 0 Å². The van der Waals surface area contributed by atoms with E-state index in [-0.39, 0.29) is 18.2 Å². The second kappa shape index (κ2) is 7.58. The normalized spacial score (nSPS) is 10.4. The zero-order valence-electron chi connectivity index (χ0n) is 13.7. The Bertz CT molecular complexity index is 674. The summed E-state index contributed by atoms with van der Waals surface area (Å²) in [5.41, 5.74) is 3.71. The highest BCUT2D eigenvalue weighted by molar-refractivity contribution is 6.08. The Morgan fingerprint density at radius 1 is 0.826 bits per heavy atom. The van der Waals surface area contributed by atoms with E-state index in [9.17, 15) is 9.59 Å². The van der Waals surface area contributed by atoms with E-state index in [1.165, 1.54) is 5.56 Å². The quantitative estimate of drug-likeness (QED) is 0.817. The second-order valence-electron chi connectivity index (χ2n) is 5.92. The van der Waals surface area contributed by atoms with Crippen LogP contribution in [0.1, 0.15) is 37.3 Å². The number of aryl methyl sites for hydroxylation is 1. The van der Waals surface area contributed by atoms with Crippen LogP contribution in [0.2, 0.25) is 0 Å². The van der Waals surface area contributed by atoms with E-state index in [1.807, 2.05) is 55.5 Å². The molecule has 0 atom stereocenters. The Morgan fingerprint density at radius 2 is 1.26 bits per heavy atom. The van der Waals surface area contributed by atoms with E-state index in [0.717, 1.165) is 5.56 Å². The Labute approximate surface area is 136 Å². The maximum absolute atomic E-state index is 11.9. The van der Waals surface area contributed by atoms with Gasteiger partial charge in [-0.15, -0.1) is 0 Å². The summed E-state index contributed by atoms with van der Waals surface area (Å²) in [6.45, 7) is 6.20. The average Bonchev–Trinajstić information content (AvgIpc) is 2.50. The molecule has 0 spiro atoms. The van der Waals surface area contributed by atoms with Crippen molar-refractivity contribution in [3.8, 4) is 0 Å². The van der Waals surface area contributed by atoms with Gasteiger partial charge in [-0.3, -0.25) is 9.59 Å². The highest BCUT2D eigenvalue weighted by Gasteiger charge is 2.10. The molecule has 0 saturated heterocycles. The van der Waals surface area contributed by atoms with Crippen LogP contribution in [0.3, 0.4) is 0 Å². The van der Waals surface area contributed by atoms with Crippen LogP contribution in [0.15, 0.2) is 48.5 Å². The fraction of sp³-hybridized carbons (Fsp3) is 0.263. The minimum Gasteiger partial charge on any atom is -0.326 e. The lowest BCUT2D eigenvalue weighted by molar-refractivity contribution is -0.123. The van der Waals surface area contributed by atoms with Crippen LogP contribution in [0.5, 0.6) is 0 Å². The monoisotopic (exact) mass is 310 g/mol. The first-order valence-corrected chi connectivity index (χ1v) is 7.70. The van der Waals surface area contributed by atoms with Crippen LogP contribution in [0.4, 0.5) is 11.4 Å². The summed E-state index contributed by atoms with van der Waals surface area (Å²) in [6, 6.07) is 15.1. The molecule has 0 unspecified atom stereocenters. The van der Waals surface area contributed by atoms with Gasteiger partial charge in [-0.25, -0.2) is 0 Å². The first kappa shape index (κ1) is 16.7. The molecular formula is C19H22N2O2. The van der Waals surface area contributed by atoms with Crippen molar-refractivity contribution in [3.05, 3.63) is 59.7 Å². The van der Waals surface area contributed by atoms with Crippen LogP contribution >= 0.6 is 0 Å². The van der Waals surface area contributed by atoms with Crippen LogP contribution in [-0.4, -0.2) is 11.8 Å². The molecule has 4 heteroatoms. The SMILES string of the molecule is Cc1ccc(NC(=O)CC(=O)Nc2ccc(C(C)C)cc2)cc1. The third-order valence-corrected chi connectivity index (χ3v) is 3.52. The highest BCUT2D eigenvalue weighted by atomic mass is 16.2. The third-order valence-electron chi connectivity index (χ3n) is 3.52. The lowest BCUT2D eigenvalue weighted by atomic mass is 10.0. The number of hydrogen-bond donors (Lipinski definition) is 2. The molecule has 0 aliphatic carbocycles. The topological polar surface area (TPSA) is 58.2 Å². The molecule has 2 aromatic rings. The smallest absolute Gasteiger partial charge is 0.233 e. The van der Waals surface area contributed by atoms with E-state index in [2.05, 4.69) is 24.5 Å². The van der Waals surface area contributed by atoms with E-state index < -0.39 is 0 Å². The Morgan fingerprint density at radius 3 is 1.70 bits per heavy atom. The Kier molecular flexibility index (Phi) is 5.52. The summed E-state index contributed by atoms with van der Waals surface area (Å²) in [5, 5.41) is 5.44. The van der Waals surface area contributed by atoms with E-state index >= 15 is 0 Å². The third kappa shape index (κ3) is 5.25. The van der Waals surface area contributed by atoms with Gasteiger partial charge in [-0.1, -0.05) is 43.7 Å². The van der Waals surface area contributed by atoms with Crippen molar-refractivity contribution in [2.75, 3.05) is 10.6 Å². The van der Waals surface area contributed by atoms with Gasteiger partial charge in [0.2, 0.25) is 11.8 Å². The van der Waals surface area contributed by atoms with Gasteiger partial charge >= 0.3 is 0 Å². The molecular weight excluding hydrogens is 288 g/mol. The number of carbonyl (C=O) groups is 2. The average molecular weight is 310 g/mol. The first-order valence-electron chi connectivity index (χ1n) is 7.70. The van der Waals surface area contributed by atoms with Gasteiger partial charge in [0.15, 0.2) is 0 Å². The predicted octanol–water partition coefficient (Wildman–Crippen LogP) is 4.09. The number of carbonyl (C=O) groups excluding carboxylic acids is 2. The summed E-state index contributed by atoms with van der Waals surface area (Å²) in [7, 11) is 0. The van der Waals surface area contributed by atoms with E-state index in [0.29, 0.717) is 17.3 Å². The van der Waals surface area contributed by atoms with Crippen LogP contribution < -0.4 is 10.6 Å². The number of nitrogens with one attached hydrogen (secondary N) is 2. The summed E-state index contributed by atoms with van der Waals surface area (Å²) in [5.74, 6) is -0.211. The number of anilines is 2. The molecule has 0 radical (unpaired) electrons. The number of rotatable bonds is 5.